The summed E-state index contributed by atoms with van der Waals surface area (Å²) in [5.74, 6) is -0.323. The second kappa shape index (κ2) is 40.6. The van der Waals surface area contributed by atoms with Crippen molar-refractivity contribution in [3.8, 4) is 0 Å². The molecule has 4 N–H and O–H groups in total. The molecule has 0 aliphatic heterocycles. The molecule has 3 atom stereocenters. The SMILES string of the molecule is CCCCCCCCCCC/C=C/CC/C=C/C(O)C(CO)NC(=O)CC(O)CCCCCCCCCCCCCCCCCCCCCC. The monoisotopic (exact) mass is 706 g/mol. The fourth-order valence-corrected chi connectivity index (χ4v) is 6.83. The van der Waals surface area contributed by atoms with Gasteiger partial charge in [-0.2, -0.15) is 0 Å². The molecule has 0 aromatic heterocycles. The van der Waals surface area contributed by atoms with Crippen molar-refractivity contribution >= 4 is 5.91 Å². The van der Waals surface area contributed by atoms with E-state index in [1.54, 1.807) is 6.08 Å². The van der Waals surface area contributed by atoms with Crippen molar-refractivity contribution in [3.05, 3.63) is 24.3 Å². The number of hydrogen-bond donors (Lipinski definition) is 4. The van der Waals surface area contributed by atoms with Crippen molar-refractivity contribution in [1.29, 1.82) is 0 Å². The zero-order valence-electron chi connectivity index (χ0n) is 33.5. The zero-order chi connectivity index (χ0) is 36.6. The molecule has 0 aromatic rings. The molecule has 0 aromatic carbocycles. The van der Waals surface area contributed by atoms with Gasteiger partial charge in [-0.1, -0.05) is 218 Å². The van der Waals surface area contributed by atoms with Crippen molar-refractivity contribution < 1.29 is 20.1 Å². The van der Waals surface area contributed by atoms with E-state index in [1.807, 2.05) is 6.08 Å². The Morgan fingerprint density at radius 3 is 1.28 bits per heavy atom. The maximum atomic E-state index is 12.4. The van der Waals surface area contributed by atoms with Crippen LogP contribution in [0, 0.1) is 0 Å². The number of carbonyl (C=O) groups excluding carboxylic acids is 1. The standard InChI is InChI=1S/C45H87NO4/c1-3-5-7-9-11-13-15-17-19-20-21-22-23-25-26-28-30-32-34-36-38-42(48)40-45(50)46-43(41-47)44(49)39-37-35-33-31-29-27-24-18-16-14-12-10-8-6-4-2/h29,31,37,39,42-44,47-49H,3-28,30,32-36,38,40-41H2,1-2H3,(H,46,50)/b31-29+,39-37+. The third kappa shape index (κ3) is 36.6. The van der Waals surface area contributed by atoms with Gasteiger partial charge in [0.25, 0.3) is 0 Å². The number of allylic oxidation sites excluding steroid dienone is 3. The van der Waals surface area contributed by atoms with Crippen molar-refractivity contribution in [2.75, 3.05) is 6.61 Å². The van der Waals surface area contributed by atoms with Crippen LogP contribution in [0.25, 0.3) is 0 Å². The molecule has 0 spiro atoms. The summed E-state index contributed by atoms with van der Waals surface area (Å²) >= 11 is 0. The molecule has 0 heterocycles. The van der Waals surface area contributed by atoms with Gasteiger partial charge in [-0.05, 0) is 32.1 Å². The maximum absolute atomic E-state index is 12.4. The molecule has 296 valence electrons. The van der Waals surface area contributed by atoms with Crippen molar-refractivity contribution in [2.45, 2.75) is 250 Å². The number of amides is 1. The van der Waals surface area contributed by atoms with E-state index >= 15 is 0 Å². The summed E-state index contributed by atoms with van der Waals surface area (Å²) in [4.78, 5) is 12.4. The van der Waals surface area contributed by atoms with Crippen LogP contribution in [0.15, 0.2) is 24.3 Å². The second-order valence-electron chi connectivity index (χ2n) is 15.3. The van der Waals surface area contributed by atoms with Gasteiger partial charge >= 0.3 is 0 Å². The van der Waals surface area contributed by atoms with Gasteiger partial charge < -0.3 is 20.6 Å². The van der Waals surface area contributed by atoms with Gasteiger partial charge in [0.2, 0.25) is 5.91 Å². The van der Waals surface area contributed by atoms with E-state index in [0.717, 1.165) is 32.1 Å². The van der Waals surface area contributed by atoms with Crippen LogP contribution in [0.2, 0.25) is 0 Å². The second-order valence-corrected chi connectivity index (χ2v) is 15.3. The molecule has 1 amide bonds. The number of aliphatic hydroxyl groups is 3. The van der Waals surface area contributed by atoms with E-state index < -0.39 is 18.2 Å². The van der Waals surface area contributed by atoms with Crippen LogP contribution in [0.4, 0.5) is 0 Å². The van der Waals surface area contributed by atoms with Gasteiger partial charge in [-0.25, -0.2) is 0 Å². The summed E-state index contributed by atoms with van der Waals surface area (Å²) in [5.41, 5.74) is 0. The smallest absolute Gasteiger partial charge is 0.222 e. The lowest BCUT2D eigenvalue weighted by molar-refractivity contribution is -0.124. The summed E-state index contributed by atoms with van der Waals surface area (Å²) in [6.07, 6.45) is 48.9. The van der Waals surface area contributed by atoms with Gasteiger partial charge in [-0.3, -0.25) is 4.79 Å². The van der Waals surface area contributed by atoms with E-state index in [2.05, 4.69) is 31.3 Å². The van der Waals surface area contributed by atoms with Crippen LogP contribution in [0.5, 0.6) is 0 Å². The first kappa shape index (κ1) is 48.8. The topological polar surface area (TPSA) is 89.8 Å². The van der Waals surface area contributed by atoms with E-state index in [4.69, 9.17) is 0 Å². The Morgan fingerprint density at radius 2 is 0.860 bits per heavy atom. The Kier molecular flexibility index (Phi) is 39.6. The van der Waals surface area contributed by atoms with Crippen molar-refractivity contribution in [1.82, 2.24) is 5.32 Å². The average Bonchev–Trinajstić information content (AvgIpc) is 3.11. The van der Waals surface area contributed by atoms with Crippen LogP contribution in [0.1, 0.15) is 232 Å². The van der Waals surface area contributed by atoms with Crippen LogP contribution >= 0.6 is 0 Å². The maximum Gasteiger partial charge on any atom is 0.222 e. The number of rotatable bonds is 40. The van der Waals surface area contributed by atoms with Gasteiger partial charge in [0.1, 0.15) is 0 Å². The third-order valence-corrected chi connectivity index (χ3v) is 10.2. The molecule has 0 saturated carbocycles. The molecule has 0 saturated heterocycles. The average molecular weight is 706 g/mol. The number of hydrogen-bond acceptors (Lipinski definition) is 4. The third-order valence-electron chi connectivity index (χ3n) is 10.2. The number of carbonyl (C=O) groups is 1. The highest BCUT2D eigenvalue weighted by atomic mass is 16.3. The molecule has 0 aliphatic rings. The number of unbranched alkanes of at least 4 members (excludes halogenated alkanes) is 29. The fraction of sp³-hybridized carbons (Fsp3) is 0.889. The minimum Gasteiger partial charge on any atom is -0.394 e. The Morgan fingerprint density at radius 1 is 0.500 bits per heavy atom. The largest absolute Gasteiger partial charge is 0.394 e. The van der Waals surface area contributed by atoms with E-state index in [0.29, 0.717) is 6.42 Å². The Hall–Kier alpha value is -1.17. The summed E-state index contributed by atoms with van der Waals surface area (Å²) in [6.45, 7) is 4.21. The highest BCUT2D eigenvalue weighted by Gasteiger charge is 2.20. The fourth-order valence-electron chi connectivity index (χ4n) is 6.83. The highest BCUT2D eigenvalue weighted by Crippen LogP contribution is 2.16. The molecule has 0 radical (unpaired) electrons. The Bertz CT molecular complexity index is 739. The predicted octanol–water partition coefficient (Wildman–Crippen LogP) is 12.6. The summed E-state index contributed by atoms with van der Waals surface area (Å²) in [7, 11) is 0. The molecule has 5 nitrogen and oxygen atoms in total. The minimum atomic E-state index is -0.948. The Balaban J connectivity index is 3.66. The van der Waals surface area contributed by atoms with E-state index in [-0.39, 0.29) is 18.9 Å². The molecule has 5 heteroatoms. The molecule has 3 unspecified atom stereocenters. The molecule has 0 aliphatic carbocycles. The molecule has 0 rings (SSSR count). The highest BCUT2D eigenvalue weighted by molar-refractivity contribution is 5.76. The van der Waals surface area contributed by atoms with Crippen LogP contribution < -0.4 is 5.32 Å². The summed E-state index contributed by atoms with van der Waals surface area (Å²) < 4.78 is 0. The number of aliphatic hydroxyl groups excluding tert-OH is 3. The molecular weight excluding hydrogens is 618 g/mol. The van der Waals surface area contributed by atoms with Crippen LogP contribution in [-0.2, 0) is 4.79 Å². The zero-order valence-corrected chi connectivity index (χ0v) is 33.5. The first-order valence-electron chi connectivity index (χ1n) is 22.1. The summed E-state index contributed by atoms with van der Waals surface area (Å²) in [6, 6.07) is -0.757. The van der Waals surface area contributed by atoms with Gasteiger partial charge in [0, 0.05) is 0 Å². The van der Waals surface area contributed by atoms with Gasteiger partial charge in [-0.15, -0.1) is 0 Å². The molecule has 0 fully saturated rings. The van der Waals surface area contributed by atoms with Gasteiger partial charge in [0.15, 0.2) is 0 Å². The van der Waals surface area contributed by atoms with Crippen molar-refractivity contribution in [3.63, 3.8) is 0 Å². The lowest BCUT2D eigenvalue weighted by Crippen LogP contribution is -2.45. The lowest BCUT2D eigenvalue weighted by atomic mass is 10.0. The normalized spacial score (nSPS) is 13.8. The quantitative estimate of drug-likeness (QED) is 0.0377. The van der Waals surface area contributed by atoms with Crippen LogP contribution in [-0.4, -0.2) is 46.1 Å². The molecule has 0 bridgehead atoms. The first-order valence-corrected chi connectivity index (χ1v) is 22.1. The first-order chi connectivity index (χ1) is 24.5. The van der Waals surface area contributed by atoms with E-state index in [1.165, 1.54) is 173 Å². The minimum absolute atomic E-state index is 0.00973. The van der Waals surface area contributed by atoms with Gasteiger partial charge in [0.05, 0.1) is 31.3 Å². The Labute approximate surface area is 312 Å². The van der Waals surface area contributed by atoms with Crippen molar-refractivity contribution in [2.24, 2.45) is 0 Å². The predicted molar refractivity (Wildman–Crippen MR) is 218 cm³/mol. The van der Waals surface area contributed by atoms with Crippen LogP contribution in [0.3, 0.4) is 0 Å². The molecule has 50 heavy (non-hydrogen) atoms. The molecular formula is C45H87NO4. The number of nitrogens with one attached hydrogen (secondary N) is 1. The van der Waals surface area contributed by atoms with E-state index in [9.17, 15) is 20.1 Å². The lowest BCUT2D eigenvalue weighted by Gasteiger charge is -2.21. The summed E-state index contributed by atoms with van der Waals surface area (Å²) in [5, 5.41) is 33.2.